The maximum atomic E-state index is 12.4. The number of aliphatic imine (C=N–C) groups is 1. The number of carbonyl (C=O) groups excluding carboxylic acids is 1. The molecule has 0 unspecified atom stereocenters. The zero-order valence-electron chi connectivity index (χ0n) is 15.3. The van der Waals surface area contributed by atoms with Gasteiger partial charge in [0.1, 0.15) is 11.8 Å². The summed E-state index contributed by atoms with van der Waals surface area (Å²) in [6.07, 6.45) is 1.81. The Hall–Kier alpha value is -1.35. The van der Waals surface area contributed by atoms with Gasteiger partial charge in [0.05, 0.1) is 18.6 Å². The molecule has 0 spiro atoms. The lowest BCUT2D eigenvalue weighted by Crippen LogP contribution is -2.19. The van der Waals surface area contributed by atoms with Crippen LogP contribution in [0.5, 0.6) is 5.75 Å². The molecule has 0 aliphatic carbocycles. The van der Waals surface area contributed by atoms with E-state index in [1.165, 1.54) is 11.8 Å². The molecule has 2 aromatic rings. The number of benzene rings is 2. The zero-order valence-corrected chi connectivity index (χ0v) is 21.5. The van der Waals surface area contributed by atoms with Crippen LogP contribution < -0.4 is 10.1 Å². The SMILES string of the molecule is Cc1cc(N=C2NC(=O)/C(=C/c3cc(Br)c(OCC#N)c(I)c3)S2)cc(C)c1Br. The van der Waals surface area contributed by atoms with Gasteiger partial charge in [0.15, 0.2) is 11.8 Å². The number of carbonyl (C=O) groups is 1. The maximum absolute atomic E-state index is 12.4. The van der Waals surface area contributed by atoms with Crippen LogP contribution in [0.25, 0.3) is 6.08 Å². The molecule has 1 saturated heterocycles. The summed E-state index contributed by atoms with van der Waals surface area (Å²) < 4.78 is 8.06. The van der Waals surface area contributed by atoms with Gasteiger partial charge in [0.25, 0.3) is 5.91 Å². The summed E-state index contributed by atoms with van der Waals surface area (Å²) in [5.74, 6) is 0.427. The molecule has 1 fully saturated rings. The van der Waals surface area contributed by atoms with Crippen molar-refractivity contribution >= 4 is 89.1 Å². The van der Waals surface area contributed by atoms with Gasteiger partial charge in [-0.05, 0) is 111 Å². The molecule has 0 radical (unpaired) electrons. The van der Waals surface area contributed by atoms with Crippen molar-refractivity contribution in [3.63, 3.8) is 0 Å². The van der Waals surface area contributed by atoms with Crippen LogP contribution in [0.4, 0.5) is 5.69 Å². The van der Waals surface area contributed by atoms with Crippen molar-refractivity contribution < 1.29 is 9.53 Å². The molecule has 0 bridgehead atoms. The molecule has 0 aromatic heterocycles. The number of thioether (sulfide) groups is 1. The lowest BCUT2D eigenvalue weighted by Gasteiger charge is -2.08. The minimum atomic E-state index is -0.185. The number of rotatable bonds is 4. The number of ether oxygens (including phenoxy) is 1. The van der Waals surface area contributed by atoms with E-state index in [0.717, 1.165) is 34.9 Å². The lowest BCUT2D eigenvalue weighted by molar-refractivity contribution is -0.115. The predicted molar refractivity (Wildman–Crippen MR) is 132 cm³/mol. The fourth-order valence-electron chi connectivity index (χ4n) is 2.64. The van der Waals surface area contributed by atoms with E-state index in [9.17, 15) is 4.79 Å². The molecule has 5 nitrogen and oxygen atoms in total. The molecule has 1 N–H and O–H groups in total. The first kappa shape index (κ1) is 22.3. The number of amidine groups is 1. The van der Waals surface area contributed by atoms with Crippen LogP contribution in [0.3, 0.4) is 0 Å². The van der Waals surface area contributed by atoms with Crippen LogP contribution in [0.15, 0.2) is 43.1 Å². The van der Waals surface area contributed by atoms with Gasteiger partial charge in [0.2, 0.25) is 0 Å². The number of hydrogen-bond donors (Lipinski definition) is 1. The first-order valence-electron chi connectivity index (χ1n) is 8.33. The van der Waals surface area contributed by atoms with Crippen LogP contribution in [0.2, 0.25) is 0 Å². The van der Waals surface area contributed by atoms with Crippen molar-refractivity contribution in [2.75, 3.05) is 6.61 Å². The standard InChI is InChI=1S/C20H14Br2IN3O2S/c1-10-5-13(6-11(2)17(10)22)25-20-26-19(27)16(29-20)9-12-7-14(21)18(15(23)8-12)28-4-3-24/h5-9H,4H2,1-2H3,(H,25,26,27)/b16-9-. The van der Waals surface area contributed by atoms with E-state index in [4.69, 9.17) is 10.00 Å². The third-order valence-corrected chi connectivity index (χ3v) is 7.45. The fraction of sp³-hybridized carbons (Fsp3) is 0.150. The number of nitriles is 1. The summed E-state index contributed by atoms with van der Waals surface area (Å²) in [5, 5.41) is 12.1. The molecule has 0 atom stereocenters. The first-order chi connectivity index (χ1) is 13.8. The van der Waals surface area contributed by atoms with Crippen LogP contribution in [0.1, 0.15) is 16.7 Å². The average molecular weight is 647 g/mol. The highest BCUT2D eigenvalue weighted by atomic mass is 127. The molecular formula is C20H14Br2IN3O2S. The highest BCUT2D eigenvalue weighted by Gasteiger charge is 2.24. The van der Waals surface area contributed by atoms with Gasteiger partial charge < -0.3 is 10.1 Å². The summed E-state index contributed by atoms with van der Waals surface area (Å²) in [6, 6.07) is 9.65. The van der Waals surface area contributed by atoms with Gasteiger partial charge in [0, 0.05) is 4.47 Å². The summed E-state index contributed by atoms with van der Waals surface area (Å²) in [7, 11) is 0. The molecule has 1 amide bonds. The largest absolute Gasteiger partial charge is 0.476 e. The van der Waals surface area contributed by atoms with Crippen molar-refractivity contribution in [1.82, 2.24) is 5.32 Å². The van der Waals surface area contributed by atoms with E-state index in [2.05, 4.69) is 64.8 Å². The van der Waals surface area contributed by atoms with E-state index in [-0.39, 0.29) is 12.5 Å². The van der Waals surface area contributed by atoms with E-state index in [0.29, 0.717) is 15.8 Å². The first-order valence-corrected chi connectivity index (χ1v) is 11.8. The Kier molecular flexibility index (Phi) is 7.42. The number of hydrogen-bond acceptors (Lipinski definition) is 5. The predicted octanol–water partition coefficient (Wildman–Crippen LogP) is 6.23. The van der Waals surface area contributed by atoms with Crippen LogP contribution in [-0.2, 0) is 4.79 Å². The van der Waals surface area contributed by atoms with Crippen molar-refractivity contribution in [2.45, 2.75) is 13.8 Å². The Morgan fingerprint density at radius 1 is 1.28 bits per heavy atom. The normalized spacial score (nSPS) is 16.2. The minimum Gasteiger partial charge on any atom is -0.476 e. The van der Waals surface area contributed by atoms with Gasteiger partial charge in [-0.2, -0.15) is 5.26 Å². The fourth-order valence-corrected chi connectivity index (χ4v) is 5.48. The van der Waals surface area contributed by atoms with E-state index >= 15 is 0 Å². The van der Waals surface area contributed by atoms with Crippen LogP contribution in [0, 0.1) is 28.7 Å². The second-order valence-corrected chi connectivity index (χ2v) is 9.98. The van der Waals surface area contributed by atoms with Gasteiger partial charge in [-0.1, -0.05) is 15.9 Å². The summed E-state index contributed by atoms with van der Waals surface area (Å²) >= 11 is 10.5. The molecule has 29 heavy (non-hydrogen) atoms. The average Bonchev–Trinajstić information content (AvgIpc) is 2.98. The molecular weight excluding hydrogens is 633 g/mol. The monoisotopic (exact) mass is 645 g/mol. The third kappa shape index (κ3) is 5.42. The molecule has 0 saturated carbocycles. The number of aryl methyl sites for hydroxylation is 2. The summed E-state index contributed by atoms with van der Waals surface area (Å²) in [5.41, 5.74) is 3.82. The summed E-state index contributed by atoms with van der Waals surface area (Å²) in [6.45, 7) is 3.99. The molecule has 2 aromatic carbocycles. The molecule has 9 heteroatoms. The number of halogens is 3. The van der Waals surface area contributed by atoms with Gasteiger partial charge in [-0.25, -0.2) is 4.99 Å². The Labute approximate surface area is 203 Å². The number of amides is 1. The van der Waals surface area contributed by atoms with Crippen molar-refractivity contribution in [1.29, 1.82) is 5.26 Å². The minimum absolute atomic E-state index is 0.0257. The smallest absolute Gasteiger partial charge is 0.264 e. The zero-order chi connectivity index (χ0) is 21.1. The Balaban J connectivity index is 1.85. The Bertz CT molecular complexity index is 1060. The third-order valence-electron chi connectivity index (χ3n) is 3.90. The number of nitrogens with zero attached hydrogens (tertiary/aromatic N) is 2. The highest BCUT2D eigenvalue weighted by Crippen LogP contribution is 2.35. The Morgan fingerprint density at radius 2 is 1.97 bits per heavy atom. The molecule has 3 rings (SSSR count). The molecule has 1 heterocycles. The lowest BCUT2D eigenvalue weighted by atomic mass is 10.1. The number of nitrogens with one attached hydrogen (secondary N) is 1. The van der Waals surface area contributed by atoms with E-state index in [1.807, 2.05) is 50.3 Å². The molecule has 1 aliphatic heterocycles. The molecule has 1 aliphatic rings. The van der Waals surface area contributed by atoms with Crippen molar-refractivity contribution in [3.8, 4) is 11.8 Å². The Morgan fingerprint density at radius 3 is 2.59 bits per heavy atom. The van der Waals surface area contributed by atoms with E-state index < -0.39 is 0 Å². The quantitative estimate of drug-likeness (QED) is 0.316. The maximum Gasteiger partial charge on any atom is 0.264 e. The van der Waals surface area contributed by atoms with Gasteiger partial charge in [-0.3, -0.25) is 4.79 Å². The van der Waals surface area contributed by atoms with Gasteiger partial charge in [-0.15, -0.1) is 0 Å². The van der Waals surface area contributed by atoms with Crippen LogP contribution >= 0.6 is 66.2 Å². The highest BCUT2D eigenvalue weighted by molar-refractivity contribution is 14.1. The van der Waals surface area contributed by atoms with E-state index in [1.54, 1.807) is 0 Å². The summed E-state index contributed by atoms with van der Waals surface area (Å²) in [4.78, 5) is 17.5. The van der Waals surface area contributed by atoms with Crippen molar-refractivity contribution in [3.05, 3.63) is 58.4 Å². The van der Waals surface area contributed by atoms with Crippen molar-refractivity contribution in [2.24, 2.45) is 4.99 Å². The van der Waals surface area contributed by atoms with Gasteiger partial charge >= 0.3 is 0 Å². The topological polar surface area (TPSA) is 74.5 Å². The van der Waals surface area contributed by atoms with Crippen LogP contribution in [-0.4, -0.2) is 17.7 Å². The molecule has 148 valence electrons. The second kappa shape index (κ2) is 9.64. The second-order valence-electron chi connectivity index (χ2n) is 6.14.